The van der Waals surface area contributed by atoms with Gasteiger partial charge in [-0.2, -0.15) is 0 Å². The number of hydrogen-bond donors (Lipinski definition) is 1. The summed E-state index contributed by atoms with van der Waals surface area (Å²) in [5, 5.41) is 2.05. The minimum absolute atomic E-state index is 0.621. The summed E-state index contributed by atoms with van der Waals surface area (Å²) in [6.07, 6.45) is 10.6. The van der Waals surface area contributed by atoms with Crippen LogP contribution in [0.1, 0.15) is 51.4 Å². The van der Waals surface area contributed by atoms with Crippen molar-refractivity contribution in [3.8, 4) is 0 Å². The summed E-state index contributed by atoms with van der Waals surface area (Å²) in [7, 11) is 0. The third-order valence-corrected chi connectivity index (χ3v) is 3.23. The Morgan fingerprint density at radius 2 is 1.71 bits per heavy atom. The summed E-state index contributed by atoms with van der Waals surface area (Å²) in [6, 6.07) is 0.621. The normalized spacial score (nSPS) is 28.3. The van der Waals surface area contributed by atoms with Gasteiger partial charge in [-0.1, -0.05) is 25.7 Å². The van der Waals surface area contributed by atoms with E-state index in [1.165, 1.54) is 51.4 Å². The third-order valence-electron chi connectivity index (χ3n) is 3.23. The van der Waals surface area contributed by atoms with E-state index in [4.69, 9.17) is 4.84 Å². The molecule has 3 nitrogen and oxygen atoms in total. The van der Waals surface area contributed by atoms with E-state index in [1.807, 2.05) is 0 Å². The third kappa shape index (κ3) is 2.94. The maximum absolute atomic E-state index is 5.72. The van der Waals surface area contributed by atoms with Gasteiger partial charge in [0, 0.05) is 6.54 Å². The summed E-state index contributed by atoms with van der Waals surface area (Å²) in [4.78, 5) is 5.72. The maximum Gasteiger partial charge on any atom is 0.0702 e. The second kappa shape index (κ2) is 5.69. The summed E-state index contributed by atoms with van der Waals surface area (Å²) >= 11 is 0. The molecule has 2 fully saturated rings. The molecule has 3 heteroatoms. The summed E-state index contributed by atoms with van der Waals surface area (Å²) in [6.45, 7) is 1.97. The zero-order valence-electron chi connectivity index (χ0n) is 9.00. The first-order valence-electron chi connectivity index (χ1n) is 6.12. The highest BCUT2D eigenvalue weighted by molar-refractivity contribution is 4.69. The van der Waals surface area contributed by atoms with Gasteiger partial charge in [-0.3, -0.25) is 4.84 Å². The molecule has 1 heterocycles. The number of hydrogen-bond acceptors (Lipinski definition) is 3. The van der Waals surface area contributed by atoms with Crippen LogP contribution in [0, 0.1) is 0 Å². The van der Waals surface area contributed by atoms with Crippen LogP contribution in [0.25, 0.3) is 0 Å². The van der Waals surface area contributed by atoms with Crippen molar-refractivity contribution in [2.75, 3.05) is 13.2 Å². The molecular formula is C11H22N2O. The van der Waals surface area contributed by atoms with Crippen LogP contribution in [0.15, 0.2) is 0 Å². The van der Waals surface area contributed by atoms with Crippen molar-refractivity contribution in [2.45, 2.75) is 57.4 Å². The van der Waals surface area contributed by atoms with E-state index in [-0.39, 0.29) is 0 Å². The number of nitrogens with zero attached hydrogens (tertiary/aromatic N) is 1. The Labute approximate surface area is 86.7 Å². The van der Waals surface area contributed by atoms with Crippen molar-refractivity contribution < 1.29 is 4.84 Å². The molecule has 1 saturated carbocycles. The average Bonchev–Trinajstić information content (AvgIpc) is 2.62. The lowest BCUT2D eigenvalue weighted by molar-refractivity contribution is -0.216. The molecule has 1 N–H and O–H groups in total. The first-order chi connectivity index (χ1) is 6.97. The molecule has 0 aromatic heterocycles. The van der Waals surface area contributed by atoms with Crippen molar-refractivity contribution in [3.05, 3.63) is 0 Å². The molecule has 0 spiro atoms. The SMILES string of the molecule is C1CCCC(N2NCCCCO2)CC1. The molecule has 2 aliphatic rings. The van der Waals surface area contributed by atoms with Crippen LogP contribution in [-0.4, -0.2) is 24.4 Å². The van der Waals surface area contributed by atoms with Crippen LogP contribution in [0.2, 0.25) is 0 Å². The van der Waals surface area contributed by atoms with Gasteiger partial charge in [0.15, 0.2) is 0 Å². The Balaban J connectivity index is 1.83. The summed E-state index contributed by atoms with van der Waals surface area (Å²) in [5.74, 6) is 0. The molecule has 0 aromatic rings. The molecule has 1 aliphatic carbocycles. The van der Waals surface area contributed by atoms with Crippen molar-refractivity contribution in [1.29, 1.82) is 0 Å². The molecular weight excluding hydrogens is 176 g/mol. The van der Waals surface area contributed by atoms with Gasteiger partial charge in [-0.05, 0) is 25.7 Å². The number of nitrogens with one attached hydrogen (secondary N) is 1. The van der Waals surface area contributed by atoms with Gasteiger partial charge in [-0.25, -0.2) is 5.43 Å². The molecule has 82 valence electrons. The molecule has 14 heavy (non-hydrogen) atoms. The largest absolute Gasteiger partial charge is 0.284 e. The van der Waals surface area contributed by atoms with Gasteiger partial charge in [-0.15, -0.1) is 5.17 Å². The van der Waals surface area contributed by atoms with E-state index < -0.39 is 0 Å². The highest BCUT2D eigenvalue weighted by Crippen LogP contribution is 2.21. The molecule has 0 atom stereocenters. The van der Waals surface area contributed by atoms with Gasteiger partial charge in [0.25, 0.3) is 0 Å². The standard InChI is InChI=1S/C11H22N2O/c1-2-4-8-11(7-3-1)13-12-9-5-6-10-14-13/h11-12H,1-10H2. The van der Waals surface area contributed by atoms with Crippen molar-refractivity contribution in [2.24, 2.45) is 0 Å². The van der Waals surface area contributed by atoms with Crippen LogP contribution in [0.5, 0.6) is 0 Å². The van der Waals surface area contributed by atoms with Crippen LogP contribution in [0.4, 0.5) is 0 Å². The second-order valence-corrected chi connectivity index (χ2v) is 4.42. The van der Waals surface area contributed by atoms with Gasteiger partial charge >= 0.3 is 0 Å². The van der Waals surface area contributed by atoms with Crippen molar-refractivity contribution in [3.63, 3.8) is 0 Å². The topological polar surface area (TPSA) is 24.5 Å². The van der Waals surface area contributed by atoms with Gasteiger partial charge in [0.1, 0.15) is 0 Å². The Morgan fingerprint density at radius 1 is 0.929 bits per heavy atom. The number of hydroxylamine groups is 1. The second-order valence-electron chi connectivity index (χ2n) is 4.42. The lowest BCUT2D eigenvalue weighted by atomic mass is 10.1. The van der Waals surface area contributed by atoms with E-state index in [2.05, 4.69) is 10.6 Å². The molecule has 2 rings (SSSR count). The smallest absolute Gasteiger partial charge is 0.0702 e. The van der Waals surface area contributed by atoms with Crippen molar-refractivity contribution >= 4 is 0 Å². The van der Waals surface area contributed by atoms with Crippen LogP contribution >= 0.6 is 0 Å². The predicted molar refractivity (Wildman–Crippen MR) is 56.5 cm³/mol. The van der Waals surface area contributed by atoms with E-state index in [0.29, 0.717) is 6.04 Å². The Hall–Kier alpha value is -0.120. The fourth-order valence-corrected chi connectivity index (χ4v) is 2.35. The molecule has 0 amide bonds. The highest BCUT2D eigenvalue weighted by atomic mass is 16.7. The first kappa shape index (κ1) is 10.4. The zero-order valence-corrected chi connectivity index (χ0v) is 9.00. The lowest BCUT2D eigenvalue weighted by Gasteiger charge is -2.28. The quantitative estimate of drug-likeness (QED) is 0.654. The fourth-order valence-electron chi connectivity index (χ4n) is 2.35. The van der Waals surface area contributed by atoms with Crippen LogP contribution < -0.4 is 5.43 Å². The lowest BCUT2D eigenvalue weighted by Crippen LogP contribution is -2.44. The average molecular weight is 198 g/mol. The van der Waals surface area contributed by atoms with E-state index >= 15 is 0 Å². The minimum Gasteiger partial charge on any atom is -0.284 e. The Bertz CT molecular complexity index is 129. The van der Waals surface area contributed by atoms with E-state index in [1.54, 1.807) is 0 Å². The Morgan fingerprint density at radius 3 is 2.50 bits per heavy atom. The molecule has 0 bridgehead atoms. The molecule has 1 saturated heterocycles. The van der Waals surface area contributed by atoms with Crippen LogP contribution in [-0.2, 0) is 4.84 Å². The highest BCUT2D eigenvalue weighted by Gasteiger charge is 2.21. The fraction of sp³-hybridized carbons (Fsp3) is 1.00. The molecule has 0 radical (unpaired) electrons. The summed E-state index contributed by atoms with van der Waals surface area (Å²) in [5.41, 5.74) is 3.39. The predicted octanol–water partition coefficient (Wildman–Crippen LogP) is 2.24. The molecule has 1 aliphatic heterocycles. The number of rotatable bonds is 1. The van der Waals surface area contributed by atoms with Gasteiger partial charge in [0.05, 0.1) is 12.6 Å². The minimum atomic E-state index is 0.621. The van der Waals surface area contributed by atoms with E-state index in [0.717, 1.165) is 13.2 Å². The molecule has 0 unspecified atom stereocenters. The molecule has 0 aromatic carbocycles. The number of hydrazine groups is 1. The van der Waals surface area contributed by atoms with E-state index in [9.17, 15) is 0 Å². The van der Waals surface area contributed by atoms with Gasteiger partial charge < -0.3 is 0 Å². The Kier molecular flexibility index (Phi) is 4.22. The van der Waals surface area contributed by atoms with Gasteiger partial charge in [0.2, 0.25) is 0 Å². The first-order valence-corrected chi connectivity index (χ1v) is 6.12. The monoisotopic (exact) mass is 198 g/mol. The van der Waals surface area contributed by atoms with Crippen molar-refractivity contribution in [1.82, 2.24) is 10.6 Å². The van der Waals surface area contributed by atoms with Crippen LogP contribution in [0.3, 0.4) is 0 Å². The maximum atomic E-state index is 5.72. The summed E-state index contributed by atoms with van der Waals surface area (Å²) < 4.78 is 0. The zero-order chi connectivity index (χ0) is 9.64.